The largest absolute Gasteiger partial charge is 0.305 e. The van der Waals surface area contributed by atoms with Gasteiger partial charge in [-0.25, -0.2) is 0 Å². The van der Waals surface area contributed by atoms with Crippen molar-refractivity contribution in [1.29, 1.82) is 0 Å². The summed E-state index contributed by atoms with van der Waals surface area (Å²) < 4.78 is 2.67. The molecule has 0 saturated carbocycles. The summed E-state index contributed by atoms with van der Waals surface area (Å²) in [5.41, 5.74) is 28.8. The monoisotopic (exact) mass is 827 g/mol. The summed E-state index contributed by atoms with van der Waals surface area (Å²) in [7, 11) is 0. The van der Waals surface area contributed by atoms with Crippen molar-refractivity contribution >= 4 is 38.1 Å². The van der Waals surface area contributed by atoms with Crippen LogP contribution in [0.1, 0.15) is 93.8 Å². The minimum absolute atomic E-state index is 0.121. The molecule has 2 spiro atoms. The van der Waals surface area contributed by atoms with E-state index in [2.05, 4.69) is 169 Å². The SMILES string of the molecule is CC12CCCc3c1c(c1c4c5c(ncc4n4c6cnc7c(c6c3c14)C1(c3ccccc3-c3ccccc31)c1ccccc1-7)-c1ccccc1C51c3ccccc3-c3ccccc31)CCC2. The van der Waals surface area contributed by atoms with Crippen LogP contribution in [0, 0.1) is 0 Å². The van der Waals surface area contributed by atoms with Crippen LogP contribution >= 0.6 is 0 Å². The van der Waals surface area contributed by atoms with Gasteiger partial charge in [0.1, 0.15) is 0 Å². The zero-order chi connectivity index (χ0) is 42.1. The zero-order valence-electron chi connectivity index (χ0n) is 36.1. The maximum Gasteiger partial charge on any atom is 0.0761 e. The van der Waals surface area contributed by atoms with Crippen molar-refractivity contribution in [3.05, 3.63) is 219 Å². The molecule has 3 heteroatoms. The van der Waals surface area contributed by atoms with Crippen LogP contribution in [-0.2, 0) is 29.1 Å². The summed E-state index contributed by atoms with van der Waals surface area (Å²) in [4.78, 5) is 11.4. The Labute approximate surface area is 376 Å². The molecule has 0 saturated heterocycles. The molecule has 0 amide bonds. The lowest BCUT2D eigenvalue weighted by Crippen LogP contribution is -2.32. The number of fused-ring (bicyclic) bond motifs is 30. The summed E-state index contributed by atoms with van der Waals surface area (Å²) in [5, 5.41) is 5.72. The molecule has 4 aromatic heterocycles. The molecule has 0 radical (unpaired) electrons. The van der Waals surface area contributed by atoms with Gasteiger partial charge in [0.05, 0.1) is 51.2 Å². The molecule has 0 unspecified atom stereocenters. The fourth-order valence-electron chi connectivity index (χ4n) is 15.8. The minimum Gasteiger partial charge on any atom is -0.305 e. The third kappa shape index (κ3) is 3.47. The van der Waals surface area contributed by atoms with Crippen LogP contribution in [0.5, 0.6) is 0 Å². The molecule has 0 bridgehead atoms. The third-order valence-electron chi connectivity index (χ3n) is 17.7. The van der Waals surface area contributed by atoms with Crippen LogP contribution in [0.3, 0.4) is 0 Å². The molecular formula is C62H41N3. The normalized spacial score (nSPS) is 17.6. The fourth-order valence-corrected chi connectivity index (χ4v) is 15.8. The number of aromatic nitrogens is 3. The van der Waals surface area contributed by atoms with Gasteiger partial charge in [0.2, 0.25) is 0 Å². The van der Waals surface area contributed by atoms with Crippen LogP contribution in [0.25, 0.3) is 82.9 Å². The molecule has 0 aliphatic heterocycles. The van der Waals surface area contributed by atoms with Gasteiger partial charge in [0.25, 0.3) is 0 Å². The van der Waals surface area contributed by atoms with Crippen LogP contribution in [0.4, 0.5) is 0 Å². The fraction of sp³-hybridized carbons (Fsp3) is 0.161. The number of nitrogens with zero attached hydrogens (tertiary/aromatic N) is 3. The maximum absolute atomic E-state index is 5.68. The van der Waals surface area contributed by atoms with Crippen molar-refractivity contribution in [2.75, 3.05) is 0 Å². The van der Waals surface area contributed by atoms with Crippen molar-refractivity contribution in [2.24, 2.45) is 0 Å². The van der Waals surface area contributed by atoms with E-state index in [-0.39, 0.29) is 5.41 Å². The Morgan fingerprint density at radius 2 is 0.738 bits per heavy atom. The number of aryl methyl sites for hydroxylation is 2. The molecule has 0 fully saturated rings. The van der Waals surface area contributed by atoms with E-state index in [1.165, 1.54) is 142 Å². The van der Waals surface area contributed by atoms with E-state index in [1.54, 1.807) is 16.7 Å². The highest BCUT2D eigenvalue weighted by Gasteiger charge is 2.56. The molecule has 65 heavy (non-hydrogen) atoms. The molecule has 4 heterocycles. The Hall–Kier alpha value is -7.36. The molecule has 6 aliphatic carbocycles. The predicted molar refractivity (Wildman–Crippen MR) is 263 cm³/mol. The van der Waals surface area contributed by atoms with Crippen LogP contribution < -0.4 is 0 Å². The topological polar surface area (TPSA) is 30.2 Å². The van der Waals surface area contributed by atoms with E-state index >= 15 is 0 Å². The number of pyridine rings is 2. The van der Waals surface area contributed by atoms with E-state index in [9.17, 15) is 0 Å². The van der Waals surface area contributed by atoms with E-state index in [0.29, 0.717) is 0 Å². The van der Waals surface area contributed by atoms with Crippen molar-refractivity contribution in [3.63, 3.8) is 0 Å². The highest BCUT2D eigenvalue weighted by molar-refractivity contribution is 6.29. The van der Waals surface area contributed by atoms with E-state index in [0.717, 1.165) is 24.2 Å². The second-order valence-electron chi connectivity index (χ2n) is 20.3. The molecule has 7 aromatic carbocycles. The lowest BCUT2D eigenvalue weighted by molar-refractivity contribution is 0.339. The van der Waals surface area contributed by atoms with Gasteiger partial charge in [-0.05, 0) is 116 Å². The van der Waals surface area contributed by atoms with Gasteiger partial charge < -0.3 is 4.40 Å². The summed E-state index contributed by atoms with van der Waals surface area (Å²) in [6.45, 7) is 2.62. The van der Waals surface area contributed by atoms with Crippen molar-refractivity contribution in [3.8, 4) is 44.8 Å². The number of rotatable bonds is 0. The van der Waals surface area contributed by atoms with Crippen LogP contribution in [0.2, 0.25) is 0 Å². The molecule has 0 atom stereocenters. The standard InChI is InChI=1S/C62H41N3/c1-60-30-14-22-40-50-52-48(32-63-57-38-20-6-12-28-46(38)61(55(52)57)42-24-8-2-16-34(42)35-17-3-9-25-43(35)61)65-49-33-64-58-39-21-7-13-29-47(39)62(44-26-10-4-18-36(44)37-19-5-11-27-45(37)62)56(58)53(49)51(59(50)65)41(54(40)60)23-15-31-60/h2-13,16-21,24-29,32-33H,14-15,22-23,30-31H2,1H3. The smallest absolute Gasteiger partial charge is 0.0761 e. The first-order valence-corrected chi connectivity index (χ1v) is 23.8. The number of hydrogen-bond donors (Lipinski definition) is 0. The van der Waals surface area contributed by atoms with E-state index in [1.807, 2.05) is 0 Å². The quantitative estimate of drug-likeness (QED) is 0.152. The Morgan fingerprint density at radius 3 is 1.12 bits per heavy atom. The summed E-state index contributed by atoms with van der Waals surface area (Å²) in [5.74, 6) is 0. The van der Waals surface area contributed by atoms with Crippen molar-refractivity contribution in [2.45, 2.75) is 61.7 Å². The van der Waals surface area contributed by atoms with Gasteiger partial charge in [-0.15, -0.1) is 0 Å². The van der Waals surface area contributed by atoms with Gasteiger partial charge in [-0.2, -0.15) is 0 Å². The van der Waals surface area contributed by atoms with Gasteiger partial charge in [-0.3, -0.25) is 9.97 Å². The highest BCUT2D eigenvalue weighted by atomic mass is 15.0. The Bertz CT molecular complexity index is 3670. The van der Waals surface area contributed by atoms with Crippen LogP contribution in [0.15, 0.2) is 158 Å². The molecular weight excluding hydrogens is 787 g/mol. The first-order chi connectivity index (χ1) is 32.2. The Kier molecular flexibility index (Phi) is 5.83. The molecule has 11 aromatic rings. The number of benzene rings is 7. The van der Waals surface area contributed by atoms with Gasteiger partial charge in [-0.1, -0.05) is 153 Å². The van der Waals surface area contributed by atoms with Crippen molar-refractivity contribution in [1.82, 2.24) is 14.4 Å². The highest BCUT2D eigenvalue weighted by Crippen LogP contribution is 2.68. The minimum atomic E-state index is -0.507. The van der Waals surface area contributed by atoms with Gasteiger partial charge >= 0.3 is 0 Å². The van der Waals surface area contributed by atoms with Gasteiger partial charge in [0, 0.05) is 43.8 Å². The molecule has 304 valence electrons. The first kappa shape index (κ1) is 34.1. The Morgan fingerprint density at radius 1 is 0.400 bits per heavy atom. The van der Waals surface area contributed by atoms with Crippen LogP contribution in [-0.4, -0.2) is 14.4 Å². The summed E-state index contributed by atoms with van der Waals surface area (Å²) in [6, 6.07) is 55.4. The average molecular weight is 828 g/mol. The lowest BCUT2D eigenvalue weighted by Gasteiger charge is -2.42. The van der Waals surface area contributed by atoms with E-state index in [4.69, 9.17) is 9.97 Å². The first-order valence-electron chi connectivity index (χ1n) is 23.8. The molecule has 3 nitrogen and oxygen atoms in total. The molecule has 6 aliphatic rings. The van der Waals surface area contributed by atoms with Gasteiger partial charge in [0.15, 0.2) is 0 Å². The van der Waals surface area contributed by atoms with E-state index < -0.39 is 10.8 Å². The summed E-state index contributed by atoms with van der Waals surface area (Å²) in [6.07, 6.45) is 11.6. The third-order valence-corrected chi connectivity index (χ3v) is 17.7. The molecule has 0 N–H and O–H groups in total. The second kappa shape index (κ2) is 11.1. The predicted octanol–water partition coefficient (Wildman–Crippen LogP) is 14.2. The lowest BCUT2D eigenvalue weighted by atomic mass is 9.62. The van der Waals surface area contributed by atoms with Crippen molar-refractivity contribution < 1.29 is 0 Å². The number of hydrogen-bond acceptors (Lipinski definition) is 2. The summed E-state index contributed by atoms with van der Waals surface area (Å²) >= 11 is 0. The second-order valence-corrected chi connectivity index (χ2v) is 20.3. The zero-order valence-corrected chi connectivity index (χ0v) is 36.1. The maximum atomic E-state index is 5.68. The average Bonchev–Trinajstić information content (AvgIpc) is 4.17. The Balaban J connectivity index is 1.13. The molecule has 17 rings (SSSR count).